The van der Waals surface area contributed by atoms with Crippen LogP contribution in [0.2, 0.25) is 5.02 Å². The summed E-state index contributed by atoms with van der Waals surface area (Å²) in [5.41, 5.74) is 1.96. The van der Waals surface area contributed by atoms with Gasteiger partial charge in [0.15, 0.2) is 0 Å². The molecule has 4 heteroatoms. The first-order chi connectivity index (χ1) is 8.16. The molecule has 0 bridgehead atoms. The second kappa shape index (κ2) is 4.97. The SMILES string of the molecule is Cc1ccnc(C(=O)Nc2ccccc2Cl)c1. The molecule has 2 rings (SSSR count). The predicted octanol–water partition coefficient (Wildman–Crippen LogP) is 3.30. The van der Waals surface area contributed by atoms with Gasteiger partial charge in [0.25, 0.3) is 5.91 Å². The molecule has 0 saturated carbocycles. The van der Waals surface area contributed by atoms with E-state index in [-0.39, 0.29) is 5.91 Å². The van der Waals surface area contributed by atoms with Crippen LogP contribution < -0.4 is 5.32 Å². The van der Waals surface area contributed by atoms with Crippen LogP contribution in [0.25, 0.3) is 0 Å². The second-order valence-corrected chi connectivity index (χ2v) is 4.06. The Labute approximate surface area is 104 Å². The van der Waals surface area contributed by atoms with E-state index in [9.17, 15) is 4.79 Å². The molecule has 86 valence electrons. The number of halogens is 1. The number of carbonyl (C=O) groups excluding carboxylic acids is 1. The van der Waals surface area contributed by atoms with Gasteiger partial charge in [-0.05, 0) is 36.8 Å². The summed E-state index contributed by atoms with van der Waals surface area (Å²) in [6.45, 7) is 1.91. The Kier molecular flexibility index (Phi) is 3.40. The molecule has 0 spiro atoms. The topological polar surface area (TPSA) is 42.0 Å². The molecule has 3 nitrogen and oxygen atoms in total. The van der Waals surface area contributed by atoms with Crippen molar-refractivity contribution in [3.63, 3.8) is 0 Å². The first-order valence-electron chi connectivity index (χ1n) is 5.15. The Bertz CT molecular complexity index is 555. The number of aryl methyl sites for hydroxylation is 1. The average molecular weight is 247 g/mol. The van der Waals surface area contributed by atoms with Crippen LogP contribution in [0.1, 0.15) is 16.1 Å². The van der Waals surface area contributed by atoms with Crippen molar-refractivity contribution in [2.45, 2.75) is 6.92 Å². The van der Waals surface area contributed by atoms with E-state index in [0.717, 1.165) is 5.56 Å². The minimum Gasteiger partial charge on any atom is -0.319 e. The smallest absolute Gasteiger partial charge is 0.274 e. The van der Waals surface area contributed by atoms with Crippen LogP contribution in [-0.4, -0.2) is 10.9 Å². The van der Waals surface area contributed by atoms with Crippen LogP contribution >= 0.6 is 11.6 Å². The summed E-state index contributed by atoms with van der Waals surface area (Å²) < 4.78 is 0. The standard InChI is InChI=1S/C13H11ClN2O/c1-9-6-7-15-12(8-9)13(17)16-11-5-3-2-4-10(11)14/h2-8H,1H3,(H,16,17). The van der Waals surface area contributed by atoms with Crippen LogP contribution in [0, 0.1) is 6.92 Å². The predicted molar refractivity (Wildman–Crippen MR) is 68.4 cm³/mol. The lowest BCUT2D eigenvalue weighted by Crippen LogP contribution is -2.13. The number of rotatable bonds is 2. The number of aromatic nitrogens is 1. The Morgan fingerprint density at radius 2 is 2.06 bits per heavy atom. The van der Waals surface area contributed by atoms with E-state index in [1.165, 1.54) is 0 Å². The molecular formula is C13H11ClN2O. The fraction of sp³-hybridized carbons (Fsp3) is 0.0769. The number of nitrogens with one attached hydrogen (secondary N) is 1. The van der Waals surface area contributed by atoms with Crippen LogP contribution in [-0.2, 0) is 0 Å². The van der Waals surface area contributed by atoms with E-state index in [1.807, 2.05) is 25.1 Å². The van der Waals surface area contributed by atoms with E-state index in [0.29, 0.717) is 16.4 Å². The van der Waals surface area contributed by atoms with Crippen LogP contribution in [0.5, 0.6) is 0 Å². The first-order valence-corrected chi connectivity index (χ1v) is 5.53. The highest BCUT2D eigenvalue weighted by Crippen LogP contribution is 2.20. The molecule has 1 N–H and O–H groups in total. The largest absolute Gasteiger partial charge is 0.319 e. The molecule has 0 unspecified atom stereocenters. The van der Waals surface area contributed by atoms with Crippen molar-refractivity contribution in [1.29, 1.82) is 0 Å². The van der Waals surface area contributed by atoms with Gasteiger partial charge in [0, 0.05) is 6.20 Å². The third-order valence-electron chi connectivity index (χ3n) is 2.27. The molecule has 1 aromatic carbocycles. The fourth-order valence-electron chi connectivity index (χ4n) is 1.41. The minimum absolute atomic E-state index is 0.262. The maximum Gasteiger partial charge on any atom is 0.274 e. The van der Waals surface area contributed by atoms with Gasteiger partial charge in [-0.15, -0.1) is 0 Å². The van der Waals surface area contributed by atoms with Crippen molar-refractivity contribution in [2.75, 3.05) is 5.32 Å². The lowest BCUT2D eigenvalue weighted by atomic mass is 10.2. The van der Waals surface area contributed by atoms with Gasteiger partial charge in [-0.25, -0.2) is 0 Å². The van der Waals surface area contributed by atoms with Crippen molar-refractivity contribution in [3.05, 3.63) is 58.9 Å². The van der Waals surface area contributed by atoms with Gasteiger partial charge in [0.05, 0.1) is 10.7 Å². The van der Waals surface area contributed by atoms with Gasteiger partial charge in [-0.1, -0.05) is 23.7 Å². The van der Waals surface area contributed by atoms with Gasteiger partial charge in [-0.3, -0.25) is 9.78 Å². The number of anilines is 1. The summed E-state index contributed by atoms with van der Waals surface area (Å²) in [5.74, 6) is -0.262. The van der Waals surface area contributed by atoms with Crippen molar-refractivity contribution in [2.24, 2.45) is 0 Å². The maximum atomic E-state index is 11.9. The molecular weight excluding hydrogens is 236 g/mol. The van der Waals surface area contributed by atoms with Crippen molar-refractivity contribution >= 4 is 23.2 Å². The normalized spacial score (nSPS) is 10.0. The van der Waals surface area contributed by atoms with Gasteiger partial charge < -0.3 is 5.32 Å². The fourth-order valence-corrected chi connectivity index (χ4v) is 1.59. The summed E-state index contributed by atoms with van der Waals surface area (Å²) in [5, 5.41) is 3.23. The van der Waals surface area contributed by atoms with Crippen LogP contribution in [0.4, 0.5) is 5.69 Å². The Balaban J connectivity index is 2.20. The summed E-state index contributed by atoms with van der Waals surface area (Å²) >= 11 is 5.95. The molecule has 0 saturated heterocycles. The van der Waals surface area contributed by atoms with Gasteiger partial charge in [0.2, 0.25) is 0 Å². The molecule has 0 radical (unpaired) electrons. The molecule has 1 aromatic heterocycles. The van der Waals surface area contributed by atoms with E-state index >= 15 is 0 Å². The van der Waals surface area contributed by atoms with Crippen molar-refractivity contribution in [3.8, 4) is 0 Å². The van der Waals surface area contributed by atoms with Crippen LogP contribution in [0.3, 0.4) is 0 Å². The Morgan fingerprint density at radius 1 is 1.29 bits per heavy atom. The molecule has 0 aliphatic rings. The zero-order valence-corrected chi connectivity index (χ0v) is 10.0. The molecule has 0 aliphatic carbocycles. The third-order valence-corrected chi connectivity index (χ3v) is 2.60. The van der Waals surface area contributed by atoms with E-state index < -0.39 is 0 Å². The van der Waals surface area contributed by atoms with Crippen LogP contribution in [0.15, 0.2) is 42.6 Å². The number of para-hydroxylation sites is 1. The molecule has 1 amide bonds. The van der Waals surface area contributed by atoms with Crippen molar-refractivity contribution in [1.82, 2.24) is 4.98 Å². The molecule has 17 heavy (non-hydrogen) atoms. The van der Waals surface area contributed by atoms with Gasteiger partial charge in [0.1, 0.15) is 5.69 Å². The van der Waals surface area contributed by atoms with Gasteiger partial charge in [-0.2, -0.15) is 0 Å². The third kappa shape index (κ3) is 2.82. The molecule has 1 heterocycles. The highest BCUT2D eigenvalue weighted by Gasteiger charge is 2.09. The number of amides is 1. The number of hydrogen-bond acceptors (Lipinski definition) is 2. The molecule has 0 fully saturated rings. The average Bonchev–Trinajstić information content (AvgIpc) is 2.32. The zero-order valence-electron chi connectivity index (χ0n) is 9.27. The van der Waals surface area contributed by atoms with Gasteiger partial charge >= 0.3 is 0 Å². The van der Waals surface area contributed by atoms with Crippen molar-refractivity contribution < 1.29 is 4.79 Å². The zero-order chi connectivity index (χ0) is 12.3. The number of hydrogen-bond donors (Lipinski definition) is 1. The number of benzene rings is 1. The Morgan fingerprint density at radius 3 is 2.76 bits per heavy atom. The summed E-state index contributed by atoms with van der Waals surface area (Å²) in [4.78, 5) is 15.9. The van der Waals surface area contributed by atoms with E-state index in [4.69, 9.17) is 11.6 Å². The molecule has 0 aliphatic heterocycles. The molecule has 0 atom stereocenters. The summed E-state index contributed by atoms with van der Waals surface area (Å²) in [6.07, 6.45) is 1.61. The number of nitrogens with zero attached hydrogens (tertiary/aromatic N) is 1. The lowest BCUT2D eigenvalue weighted by molar-refractivity contribution is 0.102. The maximum absolute atomic E-state index is 11.9. The summed E-state index contributed by atoms with van der Waals surface area (Å²) in [7, 11) is 0. The number of carbonyl (C=O) groups is 1. The summed E-state index contributed by atoms with van der Waals surface area (Å²) in [6, 6.07) is 10.7. The Hall–Kier alpha value is -1.87. The number of pyridine rings is 1. The first kappa shape index (κ1) is 11.6. The monoisotopic (exact) mass is 246 g/mol. The lowest BCUT2D eigenvalue weighted by Gasteiger charge is -2.06. The van der Waals surface area contributed by atoms with E-state index in [1.54, 1.807) is 24.4 Å². The van der Waals surface area contributed by atoms with E-state index in [2.05, 4.69) is 10.3 Å². The minimum atomic E-state index is -0.262. The quantitative estimate of drug-likeness (QED) is 0.884. The molecule has 2 aromatic rings. The highest BCUT2D eigenvalue weighted by atomic mass is 35.5. The highest BCUT2D eigenvalue weighted by molar-refractivity contribution is 6.33. The second-order valence-electron chi connectivity index (χ2n) is 3.65.